The molecule has 0 aliphatic rings. The van der Waals surface area contributed by atoms with Crippen molar-refractivity contribution >= 4 is 11.7 Å². The second-order valence-electron chi connectivity index (χ2n) is 4.76. The molecule has 1 N–H and O–H groups in total. The Morgan fingerprint density at radius 2 is 1.82 bits per heavy atom. The van der Waals surface area contributed by atoms with Gasteiger partial charge in [-0.3, -0.25) is 4.79 Å². The van der Waals surface area contributed by atoms with Gasteiger partial charge in [-0.25, -0.2) is 0 Å². The standard InChI is InChI=1S/C14H21NO2.H2/c1-10(2)14(16)17-9-12-5-7-13(8-6-12)15-11(3)4;/h5-8,10-11,15H,9H2,1-4H3;1H. The first-order chi connectivity index (χ1) is 7.99. The van der Waals surface area contributed by atoms with Crippen molar-refractivity contribution in [2.75, 3.05) is 5.32 Å². The average molecular weight is 237 g/mol. The number of esters is 1. The highest BCUT2D eigenvalue weighted by Crippen LogP contribution is 2.12. The van der Waals surface area contributed by atoms with Gasteiger partial charge in [0, 0.05) is 13.2 Å². The van der Waals surface area contributed by atoms with Crippen molar-refractivity contribution in [2.45, 2.75) is 40.3 Å². The minimum atomic E-state index is -0.158. The molecule has 0 atom stereocenters. The highest BCUT2D eigenvalue weighted by atomic mass is 16.5. The van der Waals surface area contributed by atoms with Crippen LogP contribution in [0.25, 0.3) is 0 Å². The summed E-state index contributed by atoms with van der Waals surface area (Å²) >= 11 is 0. The minimum Gasteiger partial charge on any atom is -0.461 e. The fourth-order valence-corrected chi connectivity index (χ4v) is 1.35. The normalized spacial score (nSPS) is 10.7. The number of benzene rings is 1. The molecule has 0 saturated heterocycles. The number of anilines is 1. The maximum atomic E-state index is 11.3. The molecule has 0 heterocycles. The minimum absolute atomic E-state index is 0. The van der Waals surface area contributed by atoms with Gasteiger partial charge in [-0.1, -0.05) is 26.0 Å². The molecule has 0 fully saturated rings. The number of hydrogen-bond donors (Lipinski definition) is 1. The molecule has 1 rings (SSSR count). The lowest BCUT2D eigenvalue weighted by Crippen LogP contribution is -2.11. The van der Waals surface area contributed by atoms with E-state index in [0.29, 0.717) is 12.6 Å². The molecule has 3 nitrogen and oxygen atoms in total. The molecule has 17 heavy (non-hydrogen) atoms. The smallest absolute Gasteiger partial charge is 0.308 e. The average Bonchev–Trinajstić information content (AvgIpc) is 2.26. The number of hydrogen-bond acceptors (Lipinski definition) is 3. The monoisotopic (exact) mass is 237 g/mol. The van der Waals surface area contributed by atoms with Gasteiger partial charge in [0.05, 0.1) is 5.92 Å². The maximum absolute atomic E-state index is 11.3. The van der Waals surface area contributed by atoms with Crippen molar-refractivity contribution in [3.63, 3.8) is 0 Å². The molecule has 0 aromatic heterocycles. The van der Waals surface area contributed by atoms with Crippen molar-refractivity contribution in [2.24, 2.45) is 5.92 Å². The van der Waals surface area contributed by atoms with Crippen molar-refractivity contribution in [1.82, 2.24) is 0 Å². The van der Waals surface area contributed by atoms with Crippen LogP contribution in [0.5, 0.6) is 0 Å². The third-order valence-electron chi connectivity index (χ3n) is 2.26. The maximum Gasteiger partial charge on any atom is 0.308 e. The number of rotatable bonds is 5. The van der Waals surface area contributed by atoms with E-state index in [2.05, 4.69) is 19.2 Å². The van der Waals surface area contributed by atoms with Crippen LogP contribution in [-0.2, 0) is 16.1 Å². The van der Waals surface area contributed by atoms with Crippen LogP contribution in [0.2, 0.25) is 0 Å². The molecule has 0 spiro atoms. The summed E-state index contributed by atoms with van der Waals surface area (Å²) in [5, 5.41) is 3.31. The Bertz CT molecular complexity index is 361. The summed E-state index contributed by atoms with van der Waals surface area (Å²) in [6.07, 6.45) is 0. The molecule has 0 aliphatic carbocycles. The van der Waals surface area contributed by atoms with Crippen LogP contribution in [0.1, 0.15) is 34.7 Å². The molecule has 0 unspecified atom stereocenters. The lowest BCUT2D eigenvalue weighted by molar-refractivity contribution is -0.148. The van der Waals surface area contributed by atoms with Crippen LogP contribution in [0.3, 0.4) is 0 Å². The van der Waals surface area contributed by atoms with Crippen LogP contribution in [-0.4, -0.2) is 12.0 Å². The van der Waals surface area contributed by atoms with E-state index in [9.17, 15) is 4.79 Å². The van der Waals surface area contributed by atoms with Crippen molar-refractivity contribution in [1.29, 1.82) is 0 Å². The van der Waals surface area contributed by atoms with Gasteiger partial charge < -0.3 is 10.1 Å². The number of ether oxygens (including phenoxy) is 1. The van der Waals surface area contributed by atoms with Crippen LogP contribution in [0.15, 0.2) is 24.3 Å². The molecule has 0 saturated carbocycles. The molecular formula is C14H23NO2. The quantitative estimate of drug-likeness (QED) is 0.797. The van der Waals surface area contributed by atoms with Gasteiger partial charge >= 0.3 is 5.97 Å². The van der Waals surface area contributed by atoms with Gasteiger partial charge in [0.25, 0.3) is 0 Å². The van der Waals surface area contributed by atoms with Crippen molar-refractivity contribution in [3.8, 4) is 0 Å². The highest BCUT2D eigenvalue weighted by Gasteiger charge is 2.07. The van der Waals surface area contributed by atoms with Gasteiger partial charge in [0.15, 0.2) is 0 Å². The topological polar surface area (TPSA) is 38.3 Å². The molecule has 1 aromatic rings. The van der Waals surface area contributed by atoms with E-state index in [4.69, 9.17) is 4.74 Å². The van der Waals surface area contributed by atoms with Gasteiger partial charge in [-0.2, -0.15) is 0 Å². The molecular weight excluding hydrogens is 214 g/mol. The Morgan fingerprint density at radius 3 is 2.29 bits per heavy atom. The predicted molar refractivity (Wildman–Crippen MR) is 71.9 cm³/mol. The van der Waals surface area contributed by atoms with E-state index >= 15 is 0 Å². The van der Waals surface area contributed by atoms with E-state index in [1.165, 1.54) is 0 Å². The Morgan fingerprint density at radius 1 is 1.24 bits per heavy atom. The summed E-state index contributed by atoms with van der Waals surface area (Å²) in [6, 6.07) is 8.35. The first-order valence-corrected chi connectivity index (χ1v) is 6.01. The molecule has 0 radical (unpaired) electrons. The second-order valence-corrected chi connectivity index (χ2v) is 4.76. The highest BCUT2D eigenvalue weighted by molar-refractivity contribution is 5.71. The Kier molecular flexibility index (Phi) is 5.01. The molecule has 0 amide bonds. The second kappa shape index (κ2) is 6.28. The summed E-state index contributed by atoms with van der Waals surface area (Å²) in [7, 11) is 0. The summed E-state index contributed by atoms with van der Waals surface area (Å²) in [5.41, 5.74) is 2.09. The van der Waals surface area contributed by atoms with E-state index < -0.39 is 0 Å². The van der Waals surface area contributed by atoms with Crippen LogP contribution < -0.4 is 5.32 Å². The SMILES string of the molecule is CC(C)Nc1ccc(COC(=O)C(C)C)cc1.[HH]. The lowest BCUT2D eigenvalue weighted by Gasteiger charge is -2.11. The zero-order chi connectivity index (χ0) is 12.8. The number of carbonyl (C=O) groups is 1. The summed E-state index contributed by atoms with van der Waals surface area (Å²) < 4.78 is 5.15. The van der Waals surface area contributed by atoms with Gasteiger partial charge in [0.2, 0.25) is 0 Å². The Labute approximate surface area is 105 Å². The van der Waals surface area contributed by atoms with Gasteiger partial charge in [-0.15, -0.1) is 0 Å². The van der Waals surface area contributed by atoms with E-state index in [1.54, 1.807) is 0 Å². The third kappa shape index (κ3) is 4.89. The molecule has 0 bridgehead atoms. The predicted octanol–water partition coefficient (Wildman–Crippen LogP) is 3.45. The van der Waals surface area contributed by atoms with Crippen LogP contribution in [0.4, 0.5) is 5.69 Å². The molecule has 1 aromatic carbocycles. The van der Waals surface area contributed by atoms with Gasteiger partial charge in [0.1, 0.15) is 6.61 Å². The van der Waals surface area contributed by atoms with E-state index in [0.717, 1.165) is 11.3 Å². The summed E-state index contributed by atoms with van der Waals surface area (Å²) in [5.74, 6) is -0.230. The summed E-state index contributed by atoms with van der Waals surface area (Å²) in [4.78, 5) is 11.3. The first-order valence-electron chi connectivity index (χ1n) is 6.01. The summed E-state index contributed by atoms with van der Waals surface area (Å²) in [6.45, 7) is 8.20. The van der Waals surface area contributed by atoms with Crippen molar-refractivity contribution < 1.29 is 11.0 Å². The van der Waals surface area contributed by atoms with E-state index in [1.807, 2.05) is 38.1 Å². The zero-order valence-corrected chi connectivity index (χ0v) is 11.0. The fourth-order valence-electron chi connectivity index (χ4n) is 1.35. The molecule has 0 aliphatic heterocycles. The number of nitrogens with one attached hydrogen (secondary N) is 1. The van der Waals surface area contributed by atoms with Crippen LogP contribution in [0, 0.1) is 5.92 Å². The first kappa shape index (κ1) is 13.6. The Balaban J connectivity index is 0.00000289. The fraction of sp³-hybridized carbons (Fsp3) is 0.500. The Hall–Kier alpha value is -1.51. The number of carbonyl (C=O) groups excluding carboxylic acids is 1. The third-order valence-corrected chi connectivity index (χ3v) is 2.26. The van der Waals surface area contributed by atoms with E-state index in [-0.39, 0.29) is 13.3 Å². The molecule has 96 valence electrons. The van der Waals surface area contributed by atoms with Gasteiger partial charge in [-0.05, 0) is 31.5 Å². The van der Waals surface area contributed by atoms with Crippen molar-refractivity contribution in [3.05, 3.63) is 29.8 Å². The zero-order valence-electron chi connectivity index (χ0n) is 11.0. The van der Waals surface area contributed by atoms with Crippen LogP contribution >= 0.6 is 0 Å². The lowest BCUT2D eigenvalue weighted by atomic mass is 10.2. The molecule has 3 heteroatoms. The largest absolute Gasteiger partial charge is 0.461 e.